The number of rotatable bonds is 2. The van der Waals surface area contributed by atoms with Gasteiger partial charge in [-0.25, -0.2) is 0 Å². The van der Waals surface area contributed by atoms with Gasteiger partial charge in [0.15, 0.2) is 0 Å². The highest BCUT2D eigenvalue weighted by Crippen LogP contribution is 2.33. The van der Waals surface area contributed by atoms with Gasteiger partial charge >= 0.3 is 0 Å². The van der Waals surface area contributed by atoms with E-state index in [9.17, 15) is 9.90 Å². The second kappa shape index (κ2) is 6.20. The zero-order valence-electron chi connectivity index (χ0n) is 10.4. The van der Waals surface area contributed by atoms with Crippen LogP contribution >= 0.6 is 45.8 Å². The molecule has 20 heavy (non-hydrogen) atoms. The summed E-state index contributed by atoms with van der Waals surface area (Å²) in [5.74, 6) is -0.328. The number of hydrogen-bond donors (Lipinski definition) is 2. The SMILES string of the molecule is Cc1ccc(Cl)c(NC(=O)c2ccc(I)c(O)c2)c1Cl. The van der Waals surface area contributed by atoms with Crippen molar-refractivity contribution in [1.29, 1.82) is 0 Å². The molecular formula is C14H10Cl2INO2. The van der Waals surface area contributed by atoms with Gasteiger partial charge in [0.2, 0.25) is 0 Å². The number of nitrogens with one attached hydrogen (secondary N) is 1. The average molecular weight is 422 g/mol. The van der Waals surface area contributed by atoms with Crippen molar-refractivity contribution in [3.8, 4) is 5.75 Å². The number of hydrogen-bond acceptors (Lipinski definition) is 2. The van der Waals surface area contributed by atoms with Crippen LogP contribution in [0.4, 0.5) is 5.69 Å². The van der Waals surface area contributed by atoms with Gasteiger partial charge in [-0.1, -0.05) is 29.3 Å². The Labute approximate surface area is 140 Å². The minimum atomic E-state index is -0.383. The van der Waals surface area contributed by atoms with E-state index in [0.717, 1.165) is 5.56 Å². The van der Waals surface area contributed by atoms with Crippen LogP contribution in [0.5, 0.6) is 5.75 Å². The first kappa shape index (κ1) is 15.4. The third-order valence-corrected chi connectivity index (χ3v) is 4.45. The van der Waals surface area contributed by atoms with E-state index in [2.05, 4.69) is 5.32 Å². The number of aryl methyl sites for hydroxylation is 1. The van der Waals surface area contributed by atoms with Crippen LogP contribution in [0.3, 0.4) is 0 Å². The first-order valence-electron chi connectivity index (χ1n) is 5.64. The summed E-state index contributed by atoms with van der Waals surface area (Å²) in [6.07, 6.45) is 0. The summed E-state index contributed by atoms with van der Waals surface area (Å²) in [6, 6.07) is 8.12. The number of amides is 1. The van der Waals surface area contributed by atoms with Crippen molar-refractivity contribution in [2.24, 2.45) is 0 Å². The fourth-order valence-corrected chi connectivity index (χ4v) is 2.41. The van der Waals surface area contributed by atoms with Crippen LogP contribution in [0.15, 0.2) is 30.3 Å². The molecule has 1 amide bonds. The maximum Gasteiger partial charge on any atom is 0.255 e. The van der Waals surface area contributed by atoms with Crippen LogP contribution in [0.1, 0.15) is 15.9 Å². The Morgan fingerprint density at radius 2 is 1.95 bits per heavy atom. The number of benzene rings is 2. The molecule has 3 nitrogen and oxygen atoms in total. The Bertz CT molecular complexity index is 689. The van der Waals surface area contributed by atoms with E-state index in [1.54, 1.807) is 24.3 Å². The topological polar surface area (TPSA) is 49.3 Å². The van der Waals surface area contributed by atoms with Crippen molar-refractivity contribution in [1.82, 2.24) is 0 Å². The van der Waals surface area contributed by atoms with Gasteiger partial charge in [-0.3, -0.25) is 4.79 Å². The quantitative estimate of drug-likeness (QED) is 0.680. The van der Waals surface area contributed by atoms with Crippen molar-refractivity contribution >= 4 is 57.4 Å². The minimum absolute atomic E-state index is 0.0553. The molecule has 104 valence electrons. The smallest absolute Gasteiger partial charge is 0.255 e. The van der Waals surface area contributed by atoms with Crippen LogP contribution in [0, 0.1) is 10.5 Å². The fourth-order valence-electron chi connectivity index (χ4n) is 1.61. The van der Waals surface area contributed by atoms with E-state index in [4.69, 9.17) is 23.2 Å². The van der Waals surface area contributed by atoms with Gasteiger partial charge in [-0.2, -0.15) is 0 Å². The summed E-state index contributed by atoms with van der Waals surface area (Å²) >= 11 is 14.2. The highest BCUT2D eigenvalue weighted by molar-refractivity contribution is 14.1. The predicted octanol–water partition coefficient (Wildman–Crippen LogP) is 4.86. The van der Waals surface area contributed by atoms with Crippen LogP contribution < -0.4 is 5.32 Å². The number of phenolic OH excluding ortho intramolecular Hbond substituents is 1. The molecule has 0 spiro atoms. The molecular weight excluding hydrogens is 412 g/mol. The third kappa shape index (κ3) is 3.19. The lowest BCUT2D eigenvalue weighted by molar-refractivity contribution is 0.102. The number of aromatic hydroxyl groups is 1. The minimum Gasteiger partial charge on any atom is -0.507 e. The van der Waals surface area contributed by atoms with Crippen LogP contribution in [-0.2, 0) is 0 Å². The monoisotopic (exact) mass is 421 g/mol. The summed E-state index contributed by atoms with van der Waals surface area (Å²) < 4.78 is 0.672. The highest BCUT2D eigenvalue weighted by Gasteiger charge is 2.14. The zero-order valence-corrected chi connectivity index (χ0v) is 14.0. The highest BCUT2D eigenvalue weighted by atomic mass is 127. The summed E-state index contributed by atoms with van der Waals surface area (Å²) in [5.41, 5.74) is 1.52. The molecule has 0 aliphatic rings. The zero-order chi connectivity index (χ0) is 14.9. The Morgan fingerprint density at radius 3 is 2.60 bits per heavy atom. The molecule has 0 saturated carbocycles. The maximum absolute atomic E-state index is 12.2. The number of carbonyl (C=O) groups is 1. The number of phenols is 1. The molecule has 0 radical (unpaired) electrons. The molecule has 0 saturated heterocycles. The lowest BCUT2D eigenvalue weighted by Gasteiger charge is -2.11. The molecule has 6 heteroatoms. The normalized spacial score (nSPS) is 10.4. The van der Waals surface area contributed by atoms with Crippen molar-refractivity contribution in [2.75, 3.05) is 5.32 Å². The van der Waals surface area contributed by atoms with Gasteiger partial charge in [-0.15, -0.1) is 0 Å². The van der Waals surface area contributed by atoms with E-state index in [1.807, 2.05) is 29.5 Å². The molecule has 0 heterocycles. The van der Waals surface area contributed by atoms with Gasteiger partial charge in [-0.05, 0) is 59.3 Å². The molecule has 0 unspecified atom stereocenters. The first-order valence-corrected chi connectivity index (χ1v) is 7.48. The molecule has 0 aliphatic carbocycles. The van der Waals surface area contributed by atoms with E-state index >= 15 is 0 Å². The molecule has 2 rings (SSSR count). The summed E-state index contributed by atoms with van der Waals surface area (Å²) in [5, 5.41) is 13.1. The number of carbonyl (C=O) groups excluding carboxylic acids is 1. The predicted molar refractivity (Wildman–Crippen MR) is 90.0 cm³/mol. The van der Waals surface area contributed by atoms with Crippen LogP contribution in [-0.4, -0.2) is 11.0 Å². The van der Waals surface area contributed by atoms with Crippen LogP contribution in [0.25, 0.3) is 0 Å². The van der Waals surface area contributed by atoms with Crippen molar-refractivity contribution in [2.45, 2.75) is 6.92 Å². The summed E-state index contributed by atoms with van der Waals surface area (Å²) in [6.45, 7) is 1.82. The fraction of sp³-hybridized carbons (Fsp3) is 0.0714. The summed E-state index contributed by atoms with van der Waals surface area (Å²) in [4.78, 5) is 12.2. The molecule has 2 aromatic carbocycles. The largest absolute Gasteiger partial charge is 0.507 e. The van der Waals surface area contributed by atoms with Gasteiger partial charge in [0.05, 0.1) is 19.3 Å². The van der Waals surface area contributed by atoms with E-state index in [-0.39, 0.29) is 11.7 Å². The van der Waals surface area contributed by atoms with Crippen molar-refractivity contribution in [3.05, 3.63) is 55.1 Å². The van der Waals surface area contributed by atoms with Crippen molar-refractivity contribution < 1.29 is 9.90 Å². The van der Waals surface area contributed by atoms with Gasteiger partial charge in [0.1, 0.15) is 5.75 Å². The van der Waals surface area contributed by atoms with Crippen LogP contribution in [0.2, 0.25) is 10.0 Å². The van der Waals surface area contributed by atoms with Crippen molar-refractivity contribution in [3.63, 3.8) is 0 Å². The maximum atomic E-state index is 12.2. The average Bonchev–Trinajstić information content (AvgIpc) is 2.42. The van der Waals surface area contributed by atoms with E-state index in [0.29, 0.717) is 24.9 Å². The first-order chi connectivity index (χ1) is 9.40. The molecule has 2 N–H and O–H groups in total. The molecule has 0 aliphatic heterocycles. The van der Waals surface area contributed by atoms with Gasteiger partial charge in [0.25, 0.3) is 5.91 Å². The van der Waals surface area contributed by atoms with Gasteiger partial charge in [0, 0.05) is 5.56 Å². The Kier molecular flexibility index (Phi) is 4.78. The molecule has 0 bridgehead atoms. The second-order valence-corrected chi connectivity index (χ2v) is 6.12. The molecule has 0 atom stereocenters. The number of anilines is 1. The lowest BCUT2D eigenvalue weighted by atomic mass is 10.1. The van der Waals surface area contributed by atoms with E-state index in [1.165, 1.54) is 6.07 Å². The lowest BCUT2D eigenvalue weighted by Crippen LogP contribution is -2.13. The number of halogens is 3. The molecule has 0 fully saturated rings. The summed E-state index contributed by atoms with van der Waals surface area (Å²) in [7, 11) is 0. The third-order valence-electron chi connectivity index (χ3n) is 2.73. The van der Waals surface area contributed by atoms with E-state index < -0.39 is 0 Å². The molecule has 2 aromatic rings. The van der Waals surface area contributed by atoms with Gasteiger partial charge < -0.3 is 10.4 Å². The standard InChI is InChI=1S/C14H10Cl2INO2/c1-7-2-4-9(15)13(12(7)16)18-14(20)8-3-5-10(17)11(19)6-8/h2-6,19H,1H3,(H,18,20). The Balaban J connectivity index is 2.32. The Hall–Kier alpha value is -0.980. The molecule has 0 aromatic heterocycles. The Morgan fingerprint density at radius 1 is 1.25 bits per heavy atom. The second-order valence-electron chi connectivity index (χ2n) is 4.17.